The maximum atomic E-state index is 9.78. The van der Waals surface area contributed by atoms with Crippen molar-refractivity contribution in [1.29, 1.82) is 0 Å². The Kier molecular flexibility index (Phi) is 4.99. The zero-order valence-corrected chi connectivity index (χ0v) is 9.94. The van der Waals surface area contributed by atoms with E-state index in [0.29, 0.717) is 12.3 Å². The van der Waals surface area contributed by atoms with Crippen LogP contribution in [0.15, 0.2) is 30.5 Å². The number of rotatable bonds is 6. The number of methoxy groups -OCH3 is 1. The molecule has 1 aromatic heterocycles. The third-order valence-corrected chi connectivity index (χ3v) is 2.38. The van der Waals surface area contributed by atoms with Gasteiger partial charge in [0.05, 0.1) is 13.2 Å². The molecule has 1 aromatic rings. The molecule has 1 rings (SSSR count). The molecule has 1 atom stereocenters. The summed E-state index contributed by atoms with van der Waals surface area (Å²) in [6, 6.07) is 3.73. The first-order chi connectivity index (χ1) is 7.61. The van der Waals surface area contributed by atoms with E-state index in [2.05, 4.69) is 11.6 Å². The Labute approximate surface area is 96.8 Å². The Morgan fingerprint density at radius 2 is 2.31 bits per heavy atom. The normalized spacial score (nSPS) is 12.2. The Bertz CT molecular complexity index is 332. The highest BCUT2D eigenvalue weighted by atomic mass is 16.5. The van der Waals surface area contributed by atoms with Crippen LogP contribution < -0.4 is 4.74 Å². The van der Waals surface area contributed by atoms with Crippen LogP contribution in [-0.2, 0) is 6.42 Å². The molecular weight excluding hydrogens is 202 g/mol. The number of ether oxygens (including phenoxy) is 1. The highest BCUT2D eigenvalue weighted by Gasteiger charge is 2.06. The van der Waals surface area contributed by atoms with E-state index in [-0.39, 0.29) is 6.10 Å². The van der Waals surface area contributed by atoms with Gasteiger partial charge in [0.15, 0.2) is 0 Å². The van der Waals surface area contributed by atoms with Gasteiger partial charge in [0, 0.05) is 12.3 Å². The quantitative estimate of drug-likeness (QED) is 0.750. The van der Waals surface area contributed by atoms with Gasteiger partial charge in [0.2, 0.25) is 5.88 Å². The Balaban J connectivity index is 2.43. The predicted molar refractivity (Wildman–Crippen MR) is 64.5 cm³/mol. The summed E-state index contributed by atoms with van der Waals surface area (Å²) in [4.78, 5) is 4.09. The molecular formula is C13H19NO2. The number of aliphatic hydroxyl groups excluding tert-OH is 1. The molecule has 0 spiro atoms. The molecule has 1 N–H and O–H groups in total. The lowest BCUT2D eigenvalue weighted by atomic mass is 10.0. The first-order valence-corrected chi connectivity index (χ1v) is 5.43. The Morgan fingerprint density at radius 3 is 2.81 bits per heavy atom. The summed E-state index contributed by atoms with van der Waals surface area (Å²) in [6.07, 6.45) is 3.66. The number of nitrogens with zero attached hydrogens (tertiary/aromatic N) is 1. The van der Waals surface area contributed by atoms with Crippen molar-refractivity contribution in [2.45, 2.75) is 32.3 Å². The van der Waals surface area contributed by atoms with E-state index in [1.165, 1.54) is 0 Å². The van der Waals surface area contributed by atoms with Gasteiger partial charge in [-0.1, -0.05) is 11.6 Å². The fraction of sp³-hybridized carbons (Fsp3) is 0.462. The van der Waals surface area contributed by atoms with Crippen molar-refractivity contribution in [3.63, 3.8) is 0 Å². The predicted octanol–water partition coefficient (Wildman–Crippen LogP) is 2.35. The van der Waals surface area contributed by atoms with Crippen LogP contribution in [0.3, 0.4) is 0 Å². The summed E-state index contributed by atoms with van der Waals surface area (Å²) in [5, 5.41) is 9.78. The minimum atomic E-state index is -0.327. The summed E-state index contributed by atoms with van der Waals surface area (Å²) in [7, 11) is 1.59. The van der Waals surface area contributed by atoms with Gasteiger partial charge < -0.3 is 9.84 Å². The van der Waals surface area contributed by atoms with Crippen LogP contribution in [0.5, 0.6) is 5.88 Å². The van der Waals surface area contributed by atoms with Gasteiger partial charge in [-0.15, -0.1) is 6.58 Å². The molecule has 0 aliphatic carbocycles. The van der Waals surface area contributed by atoms with Gasteiger partial charge >= 0.3 is 0 Å². The van der Waals surface area contributed by atoms with Crippen LogP contribution >= 0.6 is 0 Å². The number of hydrogen-bond donors (Lipinski definition) is 1. The second kappa shape index (κ2) is 6.28. The number of allylic oxidation sites excluding steroid dienone is 1. The van der Waals surface area contributed by atoms with Gasteiger partial charge in [-0.05, 0) is 31.7 Å². The molecule has 0 saturated heterocycles. The van der Waals surface area contributed by atoms with E-state index >= 15 is 0 Å². The highest BCUT2D eigenvalue weighted by Crippen LogP contribution is 2.12. The van der Waals surface area contributed by atoms with Gasteiger partial charge in [0.25, 0.3) is 0 Å². The van der Waals surface area contributed by atoms with Crippen molar-refractivity contribution >= 4 is 0 Å². The summed E-state index contributed by atoms with van der Waals surface area (Å²) < 4.78 is 4.97. The first kappa shape index (κ1) is 12.7. The molecule has 1 heterocycles. The van der Waals surface area contributed by atoms with E-state index in [4.69, 9.17) is 4.74 Å². The largest absolute Gasteiger partial charge is 0.481 e. The molecule has 3 nitrogen and oxygen atoms in total. The van der Waals surface area contributed by atoms with Crippen LogP contribution in [0.4, 0.5) is 0 Å². The number of aromatic nitrogens is 1. The molecule has 0 aliphatic heterocycles. The molecule has 0 bridgehead atoms. The number of pyridine rings is 1. The third kappa shape index (κ3) is 4.45. The topological polar surface area (TPSA) is 42.4 Å². The summed E-state index contributed by atoms with van der Waals surface area (Å²) in [5.41, 5.74) is 2.13. The van der Waals surface area contributed by atoms with Crippen LogP contribution in [0.1, 0.15) is 25.3 Å². The maximum absolute atomic E-state index is 9.78. The fourth-order valence-corrected chi connectivity index (χ4v) is 1.44. The average molecular weight is 221 g/mol. The number of hydrogen-bond acceptors (Lipinski definition) is 3. The van der Waals surface area contributed by atoms with Crippen molar-refractivity contribution in [3.8, 4) is 5.88 Å². The molecule has 16 heavy (non-hydrogen) atoms. The molecule has 0 saturated carbocycles. The van der Waals surface area contributed by atoms with Crippen molar-refractivity contribution in [3.05, 3.63) is 36.0 Å². The van der Waals surface area contributed by atoms with Crippen molar-refractivity contribution in [2.75, 3.05) is 7.11 Å². The van der Waals surface area contributed by atoms with Crippen molar-refractivity contribution < 1.29 is 9.84 Å². The minimum Gasteiger partial charge on any atom is -0.481 e. The lowest BCUT2D eigenvalue weighted by molar-refractivity contribution is 0.165. The third-order valence-electron chi connectivity index (χ3n) is 2.38. The Hall–Kier alpha value is -1.35. The fourth-order valence-electron chi connectivity index (χ4n) is 1.44. The van der Waals surface area contributed by atoms with E-state index in [9.17, 15) is 5.11 Å². The van der Waals surface area contributed by atoms with E-state index in [1.807, 2.05) is 13.0 Å². The van der Waals surface area contributed by atoms with Gasteiger partial charge in [-0.3, -0.25) is 0 Å². The molecule has 0 aromatic carbocycles. The van der Waals surface area contributed by atoms with Crippen LogP contribution in [0.2, 0.25) is 0 Å². The van der Waals surface area contributed by atoms with Crippen molar-refractivity contribution in [1.82, 2.24) is 4.98 Å². The molecule has 1 unspecified atom stereocenters. The Morgan fingerprint density at radius 1 is 1.56 bits per heavy atom. The summed E-state index contributed by atoms with van der Waals surface area (Å²) >= 11 is 0. The maximum Gasteiger partial charge on any atom is 0.212 e. The molecule has 0 radical (unpaired) electrons. The number of aliphatic hydroxyl groups is 1. The monoisotopic (exact) mass is 221 g/mol. The first-order valence-electron chi connectivity index (χ1n) is 5.43. The smallest absolute Gasteiger partial charge is 0.212 e. The zero-order chi connectivity index (χ0) is 12.0. The zero-order valence-electron chi connectivity index (χ0n) is 9.94. The summed E-state index contributed by atoms with van der Waals surface area (Å²) in [6.45, 7) is 5.79. The summed E-state index contributed by atoms with van der Waals surface area (Å²) in [5.74, 6) is 0.597. The minimum absolute atomic E-state index is 0.327. The van der Waals surface area contributed by atoms with Crippen molar-refractivity contribution in [2.24, 2.45) is 0 Å². The molecule has 88 valence electrons. The molecule has 0 aliphatic rings. The highest BCUT2D eigenvalue weighted by molar-refractivity contribution is 5.18. The van der Waals surface area contributed by atoms with Crippen LogP contribution in [-0.4, -0.2) is 23.3 Å². The van der Waals surface area contributed by atoms with Crippen LogP contribution in [0, 0.1) is 0 Å². The van der Waals surface area contributed by atoms with Gasteiger partial charge in [0.1, 0.15) is 0 Å². The lowest BCUT2D eigenvalue weighted by Gasteiger charge is -2.10. The van der Waals surface area contributed by atoms with E-state index in [0.717, 1.165) is 24.0 Å². The lowest BCUT2D eigenvalue weighted by Crippen LogP contribution is -2.10. The van der Waals surface area contributed by atoms with Crippen LogP contribution in [0.25, 0.3) is 0 Å². The second-order valence-corrected chi connectivity index (χ2v) is 4.06. The van der Waals surface area contributed by atoms with Gasteiger partial charge in [-0.25, -0.2) is 4.98 Å². The molecule has 0 fully saturated rings. The second-order valence-electron chi connectivity index (χ2n) is 4.06. The SMILES string of the molecule is C=C(C)CCC(O)Cc1ccc(OC)nc1. The molecule has 3 heteroatoms. The van der Waals surface area contributed by atoms with E-state index in [1.54, 1.807) is 19.4 Å². The molecule has 0 amide bonds. The standard InChI is InChI=1S/C13H19NO2/c1-10(2)4-6-12(15)8-11-5-7-13(16-3)14-9-11/h5,7,9,12,15H,1,4,6,8H2,2-3H3. The average Bonchev–Trinajstić information content (AvgIpc) is 2.27. The van der Waals surface area contributed by atoms with Gasteiger partial charge in [-0.2, -0.15) is 0 Å². The van der Waals surface area contributed by atoms with E-state index < -0.39 is 0 Å².